The summed E-state index contributed by atoms with van der Waals surface area (Å²) in [4.78, 5) is 63.3. The Hall–Kier alpha value is 1.48. The van der Waals surface area contributed by atoms with Gasteiger partial charge in [-0.1, -0.05) is 0 Å². The molecule has 1 fully saturated rings. The van der Waals surface area contributed by atoms with Gasteiger partial charge in [0.2, 0.25) is 5.95 Å². The van der Waals surface area contributed by atoms with E-state index in [1.807, 2.05) is 0 Å². The minimum Gasteiger partial charge on any atom is -0.790 e. The molecule has 0 radical (unpaired) electrons. The molecule has 1 aliphatic rings. The van der Waals surface area contributed by atoms with Crippen molar-refractivity contribution >= 4 is 40.6 Å². The van der Waals surface area contributed by atoms with Crippen LogP contribution in [0.2, 0.25) is 0 Å². The van der Waals surface area contributed by atoms with E-state index in [-0.39, 0.29) is 112 Å². The van der Waals surface area contributed by atoms with Crippen LogP contribution in [0.1, 0.15) is 12.5 Å². The molecule has 2 unspecified atom stereocenters. The SMILES string of the molecule is Nc1nc2c(ncn2[C@@H]2C[C@H](COP(=O)(O)OP(=O)([O-])OP(=O)([O-])[O-])[C@@H](O)[C@H]2O)c(=O)[nH]1.[Na+].[Na+].[Na+]. The molecule has 2 aromatic heterocycles. The third kappa shape index (κ3) is 9.57. The minimum absolute atomic E-state index is 0. The molecule has 3 rings (SSSR count). The summed E-state index contributed by atoms with van der Waals surface area (Å²) in [5.41, 5.74) is 4.73. The summed E-state index contributed by atoms with van der Waals surface area (Å²) in [6.07, 6.45) is -2.03. The number of imidazole rings is 1. The van der Waals surface area contributed by atoms with E-state index in [0.717, 1.165) is 6.33 Å². The number of hydrogen-bond donors (Lipinski definition) is 5. The van der Waals surface area contributed by atoms with Crippen LogP contribution < -0.4 is 115 Å². The van der Waals surface area contributed by atoms with Gasteiger partial charge in [0.25, 0.3) is 13.4 Å². The zero-order valence-electron chi connectivity index (χ0n) is 18.5. The van der Waals surface area contributed by atoms with Gasteiger partial charge in [-0.15, -0.1) is 0 Å². The van der Waals surface area contributed by atoms with Crippen molar-refractivity contribution in [3.05, 3.63) is 16.7 Å². The number of fused-ring (bicyclic) bond motifs is 1. The number of aromatic amines is 1. The topological polar surface area (TPSA) is 298 Å². The Bertz CT molecular complexity index is 1220. The first-order chi connectivity index (χ1) is 14.6. The van der Waals surface area contributed by atoms with Crippen LogP contribution in [0.15, 0.2) is 11.1 Å². The molecular weight excluding hydrogens is 572 g/mol. The molecule has 1 saturated carbocycles. The van der Waals surface area contributed by atoms with Crippen molar-refractivity contribution < 1.29 is 145 Å². The normalized spacial score (nSPS) is 25.5. The summed E-state index contributed by atoms with van der Waals surface area (Å²) < 4.78 is 45.7. The zero-order valence-corrected chi connectivity index (χ0v) is 27.2. The number of aliphatic hydroxyl groups excluding tert-OH is 2. The van der Waals surface area contributed by atoms with E-state index >= 15 is 0 Å². The molecule has 0 amide bonds. The molecule has 0 aromatic carbocycles. The van der Waals surface area contributed by atoms with E-state index < -0.39 is 59.8 Å². The number of nitrogen functional groups attached to an aromatic ring is 1. The Morgan fingerprint density at radius 3 is 2.31 bits per heavy atom. The van der Waals surface area contributed by atoms with Crippen molar-refractivity contribution in [1.82, 2.24) is 19.5 Å². The van der Waals surface area contributed by atoms with Crippen LogP contribution in [0.5, 0.6) is 0 Å². The molecule has 2 heterocycles. The van der Waals surface area contributed by atoms with Gasteiger partial charge in [-0.2, -0.15) is 4.98 Å². The van der Waals surface area contributed by atoms with Crippen LogP contribution in [-0.2, 0) is 26.8 Å². The minimum atomic E-state index is -6.10. The van der Waals surface area contributed by atoms with Crippen LogP contribution in [0.3, 0.4) is 0 Å². The Kier molecular flexibility index (Phi) is 14.3. The summed E-state index contributed by atoms with van der Waals surface area (Å²) in [6, 6.07) is -0.947. The van der Waals surface area contributed by atoms with Crippen molar-refractivity contribution in [3.8, 4) is 0 Å². The van der Waals surface area contributed by atoms with Gasteiger partial charge in [-0.25, -0.2) is 13.9 Å². The number of nitrogens with zero attached hydrogens (tertiary/aromatic N) is 3. The second-order valence-corrected chi connectivity index (χ2v) is 10.9. The number of nitrogens with one attached hydrogen (secondary N) is 1. The maximum atomic E-state index is 11.9. The molecule has 6 N–H and O–H groups in total. The van der Waals surface area contributed by atoms with Crippen molar-refractivity contribution in [2.45, 2.75) is 24.7 Å². The summed E-state index contributed by atoms with van der Waals surface area (Å²) in [5.74, 6) is -1.31. The van der Waals surface area contributed by atoms with Crippen LogP contribution in [-0.4, -0.2) is 53.4 Å². The van der Waals surface area contributed by atoms with E-state index in [1.165, 1.54) is 4.57 Å². The second-order valence-electron chi connectivity index (χ2n) is 6.64. The number of aliphatic hydroxyl groups is 2. The van der Waals surface area contributed by atoms with Gasteiger partial charge < -0.3 is 44.7 Å². The zero-order chi connectivity index (χ0) is 24.1. The molecule has 0 bridgehead atoms. The van der Waals surface area contributed by atoms with E-state index in [0.29, 0.717) is 0 Å². The average Bonchev–Trinajstić information content (AvgIpc) is 3.12. The Balaban J connectivity index is 0.00000385. The molecule has 0 saturated heterocycles. The summed E-state index contributed by atoms with van der Waals surface area (Å²) in [5, 5.41) is 20.6. The number of hydrogen-bond acceptors (Lipinski definition) is 15. The van der Waals surface area contributed by atoms with E-state index in [2.05, 4.69) is 28.1 Å². The van der Waals surface area contributed by atoms with Gasteiger partial charge in [0.1, 0.15) is 6.10 Å². The summed E-state index contributed by atoms with van der Waals surface area (Å²) in [6.45, 7) is -0.850. The van der Waals surface area contributed by atoms with Crippen molar-refractivity contribution in [1.29, 1.82) is 0 Å². The predicted molar refractivity (Wildman–Crippen MR) is 94.9 cm³/mol. The smallest absolute Gasteiger partial charge is 0.790 e. The molecule has 1 aliphatic carbocycles. The van der Waals surface area contributed by atoms with E-state index in [1.54, 1.807) is 0 Å². The molecule has 180 valence electrons. The standard InChI is InChI=1S/C11H18N5O13P3.3Na/c12-11-14-9-6(10(19)15-11)13-3-16(9)5-1-4(7(17)8(5)18)2-27-31(23,24)29-32(25,26)28-30(20,21)22;;;/h3-5,7-8,17-18H,1-2H2,(H,23,24)(H,25,26)(H2,20,21,22)(H3,12,14,15,19);;;/q;3*+1/p-3/t4-,5-,7-,8+;;;/m1.../s1. The quantitative estimate of drug-likeness (QED) is 0.141. The number of anilines is 1. The molecule has 0 aliphatic heterocycles. The first-order valence-electron chi connectivity index (χ1n) is 8.40. The maximum absolute atomic E-state index is 11.9. The molecule has 35 heavy (non-hydrogen) atoms. The largest absolute Gasteiger partial charge is 1.00 e. The number of aromatic nitrogens is 4. The summed E-state index contributed by atoms with van der Waals surface area (Å²) >= 11 is 0. The van der Waals surface area contributed by atoms with E-state index in [4.69, 9.17) is 5.73 Å². The Morgan fingerprint density at radius 1 is 1.14 bits per heavy atom. The van der Waals surface area contributed by atoms with Crippen molar-refractivity contribution in [2.75, 3.05) is 12.3 Å². The third-order valence-electron chi connectivity index (χ3n) is 4.43. The Morgan fingerprint density at radius 2 is 1.74 bits per heavy atom. The summed E-state index contributed by atoms with van der Waals surface area (Å²) in [7, 11) is -17.7. The van der Waals surface area contributed by atoms with Crippen LogP contribution >= 0.6 is 23.5 Å². The first kappa shape index (κ1) is 36.5. The van der Waals surface area contributed by atoms with Crippen LogP contribution in [0.4, 0.5) is 5.95 Å². The predicted octanol–water partition coefficient (Wildman–Crippen LogP) is -12.6. The number of rotatable bonds is 8. The van der Waals surface area contributed by atoms with Crippen molar-refractivity contribution in [3.63, 3.8) is 0 Å². The number of phosphoric ester groups is 1. The number of nitrogens with two attached hydrogens (primary N) is 1. The fourth-order valence-corrected chi connectivity index (χ4v) is 6.15. The van der Waals surface area contributed by atoms with Gasteiger partial charge in [0.05, 0.1) is 32.9 Å². The fraction of sp³-hybridized carbons (Fsp3) is 0.545. The van der Waals surface area contributed by atoms with Gasteiger partial charge >= 0.3 is 96.5 Å². The molecule has 2 aromatic rings. The van der Waals surface area contributed by atoms with E-state index in [9.17, 15) is 48.3 Å². The average molecular weight is 587 g/mol. The monoisotopic (exact) mass is 587 g/mol. The van der Waals surface area contributed by atoms with Crippen LogP contribution in [0.25, 0.3) is 11.2 Å². The fourth-order valence-electron chi connectivity index (χ4n) is 3.20. The second kappa shape index (κ2) is 13.7. The van der Waals surface area contributed by atoms with Gasteiger partial charge in [-0.3, -0.25) is 23.2 Å². The molecule has 0 spiro atoms. The number of H-pyrrole nitrogens is 1. The van der Waals surface area contributed by atoms with Gasteiger partial charge in [-0.05, 0) is 6.42 Å². The molecular formula is C11H15N5Na3O13P3. The Labute approximate surface area is 262 Å². The molecule has 18 nitrogen and oxygen atoms in total. The molecule has 6 atom stereocenters. The van der Waals surface area contributed by atoms with Gasteiger partial charge in [0, 0.05) is 5.92 Å². The first-order valence-corrected chi connectivity index (χ1v) is 12.8. The van der Waals surface area contributed by atoms with Crippen LogP contribution in [0, 0.1) is 5.92 Å². The number of phosphoric acid groups is 3. The third-order valence-corrected chi connectivity index (χ3v) is 8.14. The maximum Gasteiger partial charge on any atom is 1.00 e. The molecule has 24 heteroatoms. The van der Waals surface area contributed by atoms with Gasteiger partial charge in [0.15, 0.2) is 11.2 Å². The van der Waals surface area contributed by atoms with Crippen molar-refractivity contribution in [2.24, 2.45) is 5.92 Å².